The lowest BCUT2D eigenvalue weighted by Gasteiger charge is -2.40. The van der Waals surface area contributed by atoms with E-state index in [1.807, 2.05) is 18.2 Å². The molecule has 1 aromatic carbocycles. The number of methoxy groups -OCH3 is 1. The van der Waals surface area contributed by atoms with Gasteiger partial charge < -0.3 is 24.7 Å². The lowest BCUT2D eigenvalue weighted by molar-refractivity contribution is 0.157. The van der Waals surface area contributed by atoms with Gasteiger partial charge in [0.05, 0.1) is 24.4 Å². The van der Waals surface area contributed by atoms with Crippen molar-refractivity contribution in [2.24, 2.45) is 0 Å². The van der Waals surface area contributed by atoms with E-state index in [9.17, 15) is 13.6 Å². The molecule has 0 radical (unpaired) electrons. The van der Waals surface area contributed by atoms with E-state index in [0.29, 0.717) is 30.4 Å². The highest BCUT2D eigenvalue weighted by Gasteiger charge is 2.29. The number of benzene rings is 1. The number of anilines is 2. The topological polar surface area (TPSA) is 98.7 Å². The third-order valence-electron chi connectivity index (χ3n) is 7.45. The van der Waals surface area contributed by atoms with Crippen LogP contribution in [0.2, 0.25) is 0 Å². The van der Waals surface area contributed by atoms with Crippen molar-refractivity contribution in [2.75, 3.05) is 30.8 Å². The first-order chi connectivity index (χ1) is 18.9. The molecule has 0 aliphatic carbocycles. The monoisotopic (exact) mass is 534 g/mol. The summed E-state index contributed by atoms with van der Waals surface area (Å²) >= 11 is 0. The van der Waals surface area contributed by atoms with Crippen LogP contribution in [-0.2, 0) is 19.8 Å². The molecule has 1 fully saturated rings. The number of ether oxygens (including phenoxy) is 2. The molecular weight excluding hydrogens is 506 g/mol. The molecule has 0 amide bonds. The van der Waals surface area contributed by atoms with Crippen LogP contribution in [0.25, 0.3) is 10.9 Å². The average Bonchev–Trinajstić information content (AvgIpc) is 3.38. The summed E-state index contributed by atoms with van der Waals surface area (Å²) in [5, 5.41) is 0.114. The number of hydrogen-bond donors (Lipinski definition) is 1. The molecule has 3 aromatic heterocycles. The maximum absolute atomic E-state index is 14.3. The molecule has 2 N–H and O–H groups in total. The van der Waals surface area contributed by atoms with E-state index >= 15 is 0 Å². The molecule has 6 rings (SSSR count). The van der Waals surface area contributed by atoms with Gasteiger partial charge in [0, 0.05) is 56.2 Å². The number of nitrogen functional groups attached to an aromatic ring is 1. The van der Waals surface area contributed by atoms with Gasteiger partial charge in [-0.1, -0.05) is 0 Å². The van der Waals surface area contributed by atoms with E-state index in [4.69, 9.17) is 15.2 Å². The molecule has 1 atom stereocenters. The molecule has 4 aromatic rings. The lowest BCUT2D eigenvalue weighted by Crippen LogP contribution is -2.48. The van der Waals surface area contributed by atoms with Gasteiger partial charge in [-0.2, -0.15) is 4.39 Å². The van der Waals surface area contributed by atoms with Crippen molar-refractivity contribution in [2.45, 2.75) is 38.7 Å². The fourth-order valence-corrected chi connectivity index (χ4v) is 5.52. The standard InChI is InChI=1S/C28H28F2N6O3/c1-38-24-9-17(6-7-32-24)12-35(20-3-2-8-34(15-20)19-4-5-23(31)33-11-19)13-18-14-36-16-39-28-25(30)22(29)10-21(26(28)36)27(18)37/h4-7,9-11,14,20H,2-3,8,12-13,15-16H2,1H3,(H2,31,33)/t20-/m0/s1. The van der Waals surface area contributed by atoms with Gasteiger partial charge in [-0.05, 0) is 42.7 Å². The Labute approximate surface area is 223 Å². The highest BCUT2D eigenvalue weighted by Crippen LogP contribution is 2.34. The van der Waals surface area contributed by atoms with Crippen LogP contribution in [0, 0.1) is 11.6 Å². The van der Waals surface area contributed by atoms with E-state index in [1.54, 1.807) is 36.3 Å². The third-order valence-corrected chi connectivity index (χ3v) is 7.45. The number of nitrogens with two attached hydrogens (primary N) is 1. The van der Waals surface area contributed by atoms with Crippen LogP contribution in [0.5, 0.6) is 11.6 Å². The summed E-state index contributed by atoms with van der Waals surface area (Å²) < 4.78 is 41.0. The summed E-state index contributed by atoms with van der Waals surface area (Å²) in [7, 11) is 1.57. The van der Waals surface area contributed by atoms with E-state index in [1.165, 1.54) is 0 Å². The van der Waals surface area contributed by atoms with Crippen LogP contribution in [0.1, 0.15) is 24.0 Å². The molecule has 0 unspecified atom stereocenters. The Kier molecular flexibility index (Phi) is 6.51. The largest absolute Gasteiger partial charge is 0.481 e. The number of rotatable bonds is 7. The van der Waals surface area contributed by atoms with Crippen molar-refractivity contribution < 1.29 is 18.3 Å². The minimum Gasteiger partial charge on any atom is -0.481 e. The zero-order valence-electron chi connectivity index (χ0n) is 21.4. The first-order valence-electron chi connectivity index (χ1n) is 12.8. The predicted octanol–water partition coefficient (Wildman–Crippen LogP) is 3.68. The van der Waals surface area contributed by atoms with Gasteiger partial charge in [0.15, 0.2) is 23.7 Å². The van der Waals surface area contributed by atoms with Crippen LogP contribution in [0.15, 0.2) is 53.7 Å². The maximum Gasteiger partial charge on any atom is 0.213 e. The molecular formula is C28H28F2N6O3. The lowest BCUT2D eigenvalue weighted by atomic mass is 10.0. The van der Waals surface area contributed by atoms with E-state index in [0.717, 1.165) is 43.2 Å². The predicted molar refractivity (Wildman–Crippen MR) is 143 cm³/mol. The molecule has 39 heavy (non-hydrogen) atoms. The summed E-state index contributed by atoms with van der Waals surface area (Å²) in [6.07, 6.45) is 7.05. The molecule has 2 aliphatic heterocycles. The van der Waals surface area contributed by atoms with Crippen molar-refractivity contribution in [3.05, 3.63) is 81.9 Å². The number of nitrogens with zero attached hydrogens (tertiary/aromatic N) is 5. The molecule has 5 heterocycles. The van der Waals surface area contributed by atoms with Gasteiger partial charge in [0.1, 0.15) is 11.3 Å². The summed E-state index contributed by atoms with van der Waals surface area (Å²) in [5.41, 5.74) is 8.19. The second kappa shape index (κ2) is 10.1. The van der Waals surface area contributed by atoms with E-state index in [-0.39, 0.29) is 34.9 Å². The van der Waals surface area contributed by atoms with Gasteiger partial charge in [-0.25, -0.2) is 14.4 Å². The maximum atomic E-state index is 14.3. The Morgan fingerprint density at radius 1 is 1.21 bits per heavy atom. The molecule has 0 saturated carbocycles. The third kappa shape index (κ3) is 4.74. The van der Waals surface area contributed by atoms with Crippen molar-refractivity contribution in [3.63, 3.8) is 0 Å². The highest BCUT2D eigenvalue weighted by molar-refractivity contribution is 5.86. The van der Waals surface area contributed by atoms with Crippen LogP contribution in [-0.4, -0.2) is 45.7 Å². The SMILES string of the molecule is COc1cc(CN(Cc2cn3c4c(c(F)c(F)cc4c2=O)OC3)[C@H]2CCCN(c3ccc(N)nc3)C2)ccn1. The zero-order chi connectivity index (χ0) is 27.1. The average molecular weight is 535 g/mol. The number of hydrogen-bond acceptors (Lipinski definition) is 8. The quantitative estimate of drug-likeness (QED) is 0.384. The Hall–Kier alpha value is -4.25. The van der Waals surface area contributed by atoms with Crippen molar-refractivity contribution in [1.29, 1.82) is 0 Å². The molecule has 11 heteroatoms. The van der Waals surface area contributed by atoms with Crippen molar-refractivity contribution in [3.8, 4) is 11.6 Å². The van der Waals surface area contributed by atoms with Gasteiger partial charge in [-0.3, -0.25) is 9.69 Å². The Morgan fingerprint density at radius 3 is 2.87 bits per heavy atom. The molecule has 2 aliphatic rings. The fourth-order valence-electron chi connectivity index (χ4n) is 5.52. The molecule has 0 spiro atoms. The Balaban J connectivity index is 1.36. The zero-order valence-corrected chi connectivity index (χ0v) is 21.4. The minimum absolute atomic E-state index is 0.0163. The molecule has 202 valence electrons. The Morgan fingerprint density at radius 2 is 2.08 bits per heavy atom. The summed E-state index contributed by atoms with van der Waals surface area (Å²) in [6.45, 7) is 2.47. The molecule has 0 bridgehead atoms. The smallest absolute Gasteiger partial charge is 0.213 e. The summed E-state index contributed by atoms with van der Waals surface area (Å²) in [5.74, 6) is -1.41. The van der Waals surface area contributed by atoms with Gasteiger partial charge in [0.2, 0.25) is 11.7 Å². The fraction of sp³-hybridized carbons (Fsp3) is 0.321. The normalized spacial score (nSPS) is 16.6. The number of piperidine rings is 1. The van der Waals surface area contributed by atoms with Crippen molar-refractivity contribution in [1.82, 2.24) is 19.4 Å². The van der Waals surface area contributed by atoms with Gasteiger partial charge in [-0.15, -0.1) is 0 Å². The summed E-state index contributed by atoms with van der Waals surface area (Å²) in [4.78, 5) is 26.5. The van der Waals surface area contributed by atoms with Gasteiger partial charge >= 0.3 is 0 Å². The van der Waals surface area contributed by atoms with Crippen molar-refractivity contribution >= 4 is 22.4 Å². The summed E-state index contributed by atoms with van der Waals surface area (Å²) in [6, 6.07) is 8.62. The van der Waals surface area contributed by atoms with Crippen LogP contribution in [0.4, 0.5) is 20.3 Å². The molecule has 9 nitrogen and oxygen atoms in total. The Bertz CT molecular complexity index is 1590. The second-order valence-electron chi connectivity index (χ2n) is 9.92. The number of pyridine rings is 3. The number of aromatic nitrogens is 3. The highest BCUT2D eigenvalue weighted by atomic mass is 19.2. The van der Waals surface area contributed by atoms with Crippen LogP contribution in [0.3, 0.4) is 0 Å². The van der Waals surface area contributed by atoms with E-state index in [2.05, 4.69) is 19.8 Å². The first-order valence-corrected chi connectivity index (χ1v) is 12.8. The van der Waals surface area contributed by atoms with Crippen LogP contribution >= 0.6 is 0 Å². The molecule has 1 saturated heterocycles. The minimum atomic E-state index is -1.10. The van der Waals surface area contributed by atoms with Gasteiger partial charge in [0.25, 0.3) is 0 Å². The van der Waals surface area contributed by atoms with Crippen LogP contribution < -0.4 is 25.5 Å². The number of halogens is 2. The van der Waals surface area contributed by atoms with E-state index < -0.39 is 11.6 Å². The first kappa shape index (κ1) is 25.1. The second-order valence-corrected chi connectivity index (χ2v) is 9.92.